The van der Waals surface area contributed by atoms with Gasteiger partial charge in [0.25, 0.3) is 5.69 Å². The molecule has 2 aromatic carbocycles. The first-order valence-corrected chi connectivity index (χ1v) is 14.2. The summed E-state index contributed by atoms with van der Waals surface area (Å²) in [6, 6.07) is 12.9. The van der Waals surface area contributed by atoms with Crippen LogP contribution in [0, 0.1) is 22.0 Å². The van der Waals surface area contributed by atoms with Gasteiger partial charge in [0.15, 0.2) is 5.92 Å². The first kappa shape index (κ1) is 33.6. The van der Waals surface area contributed by atoms with Crippen molar-refractivity contribution in [3.63, 3.8) is 0 Å². The zero-order valence-corrected chi connectivity index (χ0v) is 25.4. The molecule has 0 bridgehead atoms. The molecule has 2 unspecified atom stereocenters. The number of nitro groups is 1. The predicted octanol–water partition coefficient (Wildman–Crippen LogP) is 4.63. The highest BCUT2D eigenvalue weighted by Gasteiger charge is 2.42. The van der Waals surface area contributed by atoms with E-state index in [0.717, 1.165) is 5.56 Å². The number of carbonyl (C=O) groups excluding carboxylic acids is 4. The molecule has 234 valence electrons. The van der Waals surface area contributed by atoms with Gasteiger partial charge < -0.3 is 18.9 Å². The van der Waals surface area contributed by atoms with Crippen molar-refractivity contribution < 1.29 is 43.0 Å². The van der Waals surface area contributed by atoms with E-state index in [-0.39, 0.29) is 37.5 Å². The molecule has 0 fully saturated rings. The summed E-state index contributed by atoms with van der Waals surface area (Å²) in [4.78, 5) is 66.2. The molecule has 1 aliphatic heterocycles. The van der Waals surface area contributed by atoms with Crippen LogP contribution in [0.3, 0.4) is 0 Å². The minimum atomic E-state index is -1.03. The number of rotatable bonds is 13. The minimum absolute atomic E-state index is 0.0998. The summed E-state index contributed by atoms with van der Waals surface area (Å²) in [7, 11) is 1.22. The highest BCUT2D eigenvalue weighted by atomic mass is 16.6. The minimum Gasteiger partial charge on any atom is -0.468 e. The first-order valence-electron chi connectivity index (χ1n) is 14.2. The van der Waals surface area contributed by atoms with Crippen LogP contribution in [-0.2, 0) is 51.2 Å². The molecule has 2 aromatic rings. The maximum atomic E-state index is 13.5. The highest BCUT2D eigenvalue weighted by Crippen LogP contribution is 2.41. The summed E-state index contributed by atoms with van der Waals surface area (Å²) in [5.41, 5.74) is 2.55. The van der Waals surface area contributed by atoms with Gasteiger partial charge in [-0.3, -0.25) is 29.5 Å². The normalized spacial score (nSPS) is 16.2. The summed E-state index contributed by atoms with van der Waals surface area (Å²) in [6.45, 7) is 6.79. The number of ether oxygens (including phenoxy) is 4. The Morgan fingerprint density at radius 2 is 1.55 bits per heavy atom. The quantitative estimate of drug-likeness (QED) is 0.103. The van der Waals surface area contributed by atoms with Gasteiger partial charge >= 0.3 is 23.9 Å². The predicted molar refractivity (Wildman–Crippen MR) is 158 cm³/mol. The fraction of sp³-hybridized carbons (Fsp3) is 0.406. The topological polar surface area (TPSA) is 161 Å². The van der Waals surface area contributed by atoms with Gasteiger partial charge in [-0.05, 0) is 57.2 Å². The van der Waals surface area contributed by atoms with E-state index >= 15 is 0 Å². The third-order valence-corrected chi connectivity index (χ3v) is 7.20. The number of nitrogens with zero attached hydrogens (tertiary/aromatic N) is 2. The Morgan fingerprint density at radius 1 is 0.932 bits per heavy atom. The number of aryl methyl sites for hydroxylation is 1. The molecule has 0 saturated heterocycles. The lowest BCUT2D eigenvalue weighted by Gasteiger charge is -2.31. The van der Waals surface area contributed by atoms with Crippen molar-refractivity contribution >= 4 is 35.3 Å². The average Bonchev–Trinajstić information content (AvgIpc) is 3.00. The van der Waals surface area contributed by atoms with Crippen molar-refractivity contribution in [2.75, 3.05) is 20.3 Å². The molecular weight excluding hydrogens is 572 g/mol. The van der Waals surface area contributed by atoms with Gasteiger partial charge in [-0.25, -0.2) is 4.79 Å². The molecule has 12 nitrogen and oxygen atoms in total. The largest absolute Gasteiger partial charge is 0.468 e. The molecular formula is C32H36N2O10. The Labute approximate surface area is 255 Å². The number of allylic oxidation sites excluding steroid dienone is 1. The molecule has 1 heterocycles. The van der Waals surface area contributed by atoms with Crippen LogP contribution < -0.4 is 0 Å². The summed E-state index contributed by atoms with van der Waals surface area (Å²) >= 11 is 0. The molecule has 3 rings (SSSR count). The maximum absolute atomic E-state index is 13.5. The Kier molecular flexibility index (Phi) is 11.9. The standard InChI is InChI=1S/C32H36N2O10/c1-6-42-29(35)25(30(36)43-7-2)16-15-21-11-13-22(14-12-21)18-44-32(38)27-20(4)33-19(3)26(31(37)41-5)28(27)23-9-8-10-24(17-23)34(39)40/h8-14,17,25-26,28H,6-7,15-16,18H2,1-5H3. The first-order chi connectivity index (χ1) is 21.0. The molecule has 1 aliphatic rings. The number of hydrogen-bond acceptors (Lipinski definition) is 11. The summed E-state index contributed by atoms with van der Waals surface area (Å²) in [5, 5.41) is 11.5. The van der Waals surface area contributed by atoms with Crippen LogP contribution in [0.5, 0.6) is 0 Å². The van der Waals surface area contributed by atoms with Crippen molar-refractivity contribution in [2.45, 2.75) is 53.1 Å². The zero-order chi connectivity index (χ0) is 32.4. The number of aliphatic imine (C=N–C) groups is 1. The summed E-state index contributed by atoms with van der Waals surface area (Å²) in [5.74, 6) is -5.54. The SMILES string of the molecule is CCOC(=O)C(CCc1ccc(COC(=O)C2=C(C)N=C(C)C(C(=O)OC)C2c2cccc([N+](=O)[O-])c2)cc1)C(=O)OCC. The van der Waals surface area contributed by atoms with Crippen molar-refractivity contribution in [1.29, 1.82) is 0 Å². The lowest BCUT2D eigenvalue weighted by atomic mass is 9.75. The van der Waals surface area contributed by atoms with E-state index in [1.807, 2.05) is 0 Å². The van der Waals surface area contributed by atoms with E-state index in [1.54, 1.807) is 58.0 Å². The van der Waals surface area contributed by atoms with E-state index in [4.69, 9.17) is 18.9 Å². The van der Waals surface area contributed by atoms with Crippen LogP contribution in [0.15, 0.2) is 64.8 Å². The Balaban J connectivity index is 1.78. The molecule has 0 saturated carbocycles. The smallest absolute Gasteiger partial charge is 0.336 e. The van der Waals surface area contributed by atoms with Crippen molar-refractivity contribution in [3.8, 4) is 0 Å². The van der Waals surface area contributed by atoms with Gasteiger partial charge in [-0.1, -0.05) is 36.4 Å². The van der Waals surface area contributed by atoms with Gasteiger partial charge in [-0.2, -0.15) is 0 Å². The van der Waals surface area contributed by atoms with Gasteiger partial charge in [0.2, 0.25) is 0 Å². The monoisotopic (exact) mass is 608 g/mol. The Morgan fingerprint density at radius 3 is 2.11 bits per heavy atom. The van der Waals surface area contributed by atoms with E-state index in [9.17, 15) is 29.3 Å². The number of methoxy groups -OCH3 is 1. The molecule has 0 aliphatic carbocycles. The van der Waals surface area contributed by atoms with Crippen molar-refractivity contribution in [3.05, 3.63) is 86.6 Å². The Hall–Kier alpha value is -4.87. The fourth-order valence-corrected chi connectivity index (χ4v) is 5.08. The van der Waals surface area contributed by atoms with Crippen molar-refractivity contribution in [2.24, 2.45) is 16.8 Å². The van der Waals surface area contributed by atoms with Crippen LogP contribution >= 0.6 is 0 Å². The molecule has 0 radical (unpaired) electrons. The van der Waals surface area contributed by atoms with Crippen LogP contribution in [-0.4, -0.2) is 54.8 Å². The van der Waals surface area contributed by atoms with E-state index in [2.05, 4.69) is 4.99 Å². The van der Waals surface area contributed by atoms with E-state index in [0.29, 0.717) is 29.0 Å². The molecule has 0 spiro atoms. The number of hydrogen-bond donors (Lipinski definition) is 0. The average molecular weight is 609 g/mol. The van der Waals surface area contributed by atoms with Gasteiger partial charge in [0.1, 0.15) is 12.5 Å². The molecule has 0 aromatic heterocycles. The third kappa shape index (κ3) is 8.15. The van der Waals surface area contributed by atoms with Crippen LogP contribution in [0.4, 0.5) is 5.69 Å². The molecule has 44 heavy (non-hydrogen) atoms. The number of carbonyl (C=O) groups is 4. The zero-order valence-electron chi connectivity index (χ0n) is 25.4. The maximum Gasteiger partial charge on any atom is 0.336 e. The van der Waals surface area contributed by atoms with Gasteiger partial charge in [0.05, 0.1) is 30.8 Å². The second kappa shape index (κ2) is 15.6. The highest BCUT2D eigenvalue weighted by molar-refractivity contribution is 6.07. The summed E-state index contributed by atoms with van der Waals surface area (Å²) < 4.78 is 20.7. The number of non-ortho nitro benzene ring substituents is 1. The van der Waals surface area contributed by atoms with E-state index < -0.39 is 46.6 Å². The third-order valence-electron chi connectivity index (χ3n) is 7.20. The number of esters is 4. The van der Waals surface area contributed by atoms with Gasteiger partial charge in [-0.15, -0.1) is 0 Å². The number of benzene rings is 2. The second-order valence-corrected chi connectivity index (χ2v) is 10.1. The number of nitro benzene ring substituents is 1. The Bertz CT molecular complexity index is 1440. The molecule has 12 heteroatoms. The summed E-state index contributed by atoms with van der Waals surface area (Å²) in [6.07, 6.45) is 0.616. The van der Waals surface area contributed by atoms with Crippen molar-refractivity contribution in [1.82, 2.24) is 0 Å². The fourth-order valence-electron chi connectivity index (χ4n) is 5.08. The van der Waals surface area contributed by atoms with Crippen LogP contribution in [0.2, 0.25) is 0 Å². The lowest BCUT2D eigenvalue weighted by Crippen LogP contribution is -2.36. The molecule has 2 atom stereocenters. The van der Waals surface area contributed by atoms with Crippen LogP contribution in [0.1, 0.15) is 56.7 Å². The molecule has 0 amide bonds. The van der Waals surface area contributed by atoms with Crippen LogP contribution in [0.25, 0.3) is 0 Å². The lowest BCUT2D eigenvalue weighted by molar-refractivity contribution is -0.384. The van der Waals surface area contributed by atoms with E-state index in [1.165, 1.54) is 25.3 Å². The second-order valence-electron chi connectivity index (χ2n) is 10.1. The van der Waals surface area contributed by atoms with Gasteiger partial charge in [0, 0.05) is 29.5 Å². The molecule has 0 N–H and O–H groups in total.